The maximum atomic E-state index is 10.4. The molecule has 0 saturated carbocycles. The van der Waals surface area contributed by atoms with Crippen LogP contribution in [0.3, 0.4) is 0 Å². The van der Waals surface area contributed by atoms with Gasteiger partial charge in [-0.2, -0.15) is 11.8 Å². The Balaban J connectivity index is 2.41. The lowest BCUT2D eigenvalue weighted by Gasteiger charge is -2.28. The second-order valence-corrected chi connectivity index (χ2v) is 3.93. The lowest BCUT2D eigenvalue weighted by molar-refractivity contribution is 0.0487. The van der Waals surface area contributed by atoms with Gasteiger partial charge >= 0.3 is 6.09 Å². The molecular weight excluding hydrogens is 178 g/mol. The Morgan fingerprint density at radius 3 is 3.08 bits per heavy atom. The molecule has 0 unspecified atom stereocenters. The molecule has 1 aliphatic heterocycles. The smallest absolute Gasteiger partial charge is 0.404 e. The first-order chi connectivity index (χ1) is 5.74. The number of aliphatic hydroxyl groups is 1. The van der Waals surface area contributed by atoms with Crippen molar-refractivity contribution in [3.8, 4) is 0 Å². The van der Waals surface area contributed by atoms with E-state index in [9.17, 15) is 4.79 Å². The van der Waals surface area contributed by atoms with Gasteiger partial charge in [0.25, 0.3) is 0 Å². The van der Waals surface area contributed by atoms with Crippen LogP contribution in [-0.2, 0) is 4.74 Å². The lowest BCUT2D eigenvalue weighted by Crippen LogP contribution is -2.36. The third-order valence-corrected chi connectivity index (χ3v) is 3.09. The van der Waals surface area contributed by atoms with Crippen LogP contribution >= 0.6 is 11.8 Å². The first-order valence-electron chi connectivity index (χ1n) is 3.88. The van der Waals surface area contributed by atoms with E-state index in [1.54, 1.807) is 11.8 Å². The number of nitrogens with two attached hydrogens (primary N) is 1. The van der Waals surface area contributed by atoms with Crippen molar-refractivity contribution in [1.82, 2.24) is 0 Å². The van der Waals surface area contributed by atoms with E-state index in [2.05, 4.69) is 0 Å². The summed E-state index contributed by atoms with van der Waals surface area (Å²) < 4.78 is 4.86. The Bertz CT molecular complexity index is 165. The molecule has 0 aromatic carbocycles. The van der Waals surface area contributed by atoms with Crippen LogP contribution in [0.2, 0.25) is 0 Å². The summed E-state index contributed by atoms with van der Waals surface area (Å²) in [6.45, 7) is 0.0605. The zero-order valence-corrected chi connectivity index (χ0v) is 7.55. The largest absolute Gasteiger partial charge is 0.446 e. The molecule has 0 bridgehead atoms. The highest BCUT2D eigenvalue weighted by molar-refractivity contribution is 7.99. The van der Waals surface area contributed by atoms with E-state index in [1.807, 2.05) is 0 Å². The fourth-order valence-corrected chi connectivity index (χ4v) is 2.44. The maximum absolute atomic E-state index is 10.4. The summed E-state index contributed by atoms with van der Waals surface area (Å²) in [5.41, 5.74) is 4.89. The zero-order chi connectivity index (χ0) is 8.97. The molecule has 1 rings (SSSR count). The van der Waals surface area contributed by atoms with Crippen molar-refractivity contribution >= 4 is 17.9 Å². The molecule has 0 aromatic heterocycles. The number of primary amides is 1. The molecule has 0 aromatic rings. The quantitative estimate of drug-likeness (QED) is 0.653. The molecule has 1 saturated heterocycles. The van der Waals surface area contributed by atoms with Gasteiger partial charge in [0.15, 0.2) is 0 Å². The monoisotopic (exact) mass is 191 g/mol. The van der Waals surface area contributed by atoms with Crippen LogP contribution in [0.5, 0.6) is 0 Å². The van der Waals surface area contributed by atoms with E-state index in [0.29, 0.717) is 0 Å². The van der Waals surface area contributed by atoms with Crippen molar-refractivity contribution in [2.45, 2.75) is 12.5 Å². The highest BCUT2D eigenvalue weighted by Gasteiger charge is 2.27. The van der Waals surface area contributed by atoms with Gasteiger partial charge in [0.05, 0.1) is 6.61 Å². The standard InChI is InChI=1S/C7H13NO3S/c8-7(10)11-6-1-2-12-4-5(6)3-9/h5-6,9H,1-4H2,(H2,8,10)/t5-,6+/m1/s1. The van der Waals surface area contributed by atoms with Gasteiger partial charge in [-0.3, -0.25) is 0 Å². The molecule has 70 valence electrons. The van der Waals surface area contributed by atoms with Crippen LogP contribution in [0, 0.1) is 5.92 Å². The molecule has 0 aliphatic carbocycles. The molecule has 1 heterocycles. The Kier molecular flexibility index (Phi) is 3.68. The third-order valence-electron chi connectivity index (χ3n) is 1.91. The molecule has 4 nitrogen and oxygen atoms in total. The van der Waals surface area contributed by atoms with Crippen LogP contribution in [0.15, 0.2) is 0 Å². The van der Waals surface area contributed by atoms with E-state index in [0.717, 1.165) is 17.9 Å². The lowest BCUT2D eigenvalue weighted by atomic mass is 10.0. The average Bonchev–Trinajstić information content (AvgIpc) is 2.04. The number of carbonyl (C=O) groups is 1. The van der Waals surface area contributed by atoms with Crippen LogP contribution in [0.4, 0.5) is 4.79 Å². The predicted molar refractivity (Wildman–Crippen MR) is 47.0 cm³/mol. The molecular formula is C7H13NO3S. The van der Waals surface area contributed by atoms with Crippen molar-refractivity contribution in [2.24, 2.45) is 11.7 Å². The molecule has 1 amide bonds. The van der Waals surface area contributed by atoms with Crippen molar-refractivity contribution in [1.29, 1.82) is 0 Å². The molecule has 0 radical (unpaired) electrons. The minimum atomic E-state index is -0.745. The van der Waals surface area contributed by atoms with Gasteiger partial charge in [-0.1, -0.05) is 0 Å². The molecule has 2 atom stereocenters. The SMILES string of the molecule is NC(=O)O[C@H]1CCSC[C@H]1CO. The number of carbonyl (C=O) groups excluding carboxylic acids is 1. The summed E-state index contributed by atoms with van der Waals surface area (Å²) in [7, 11) is 0. The third kappa shape index (κ3) is 2.57. The van der Waals surface area contributed by atoms with Crippen LogP contribution in [0.25, 0.3) is 0 Å². The summed E-state index contributed by atoms with van der Waals surface area (Å²) >= 11 is 1.77. The molecule has 12 heavy (non-hydrogen) atoms. The second kappa shape index (κ2) is 4.57. The van der Waals surface area contributed by atoms with E-state index >= 15 is 0 Å². The number of ether oxygens (including phenoxy) is 1. The highest BCUT2D eigenvalue weighted by Crippen LogP contribution is 2.25. The van der Waals surface area contributed by atoms with E-state index < -0.39 is 6.09 Å². The van der Waals surface area contributed by atoms with Gasteiger partial charge < -0.3 is 15.6 Å². The number of hydrogen-bond acceptors (Lipinski definition) is 4. The summed E-state index contributed by atoms with van der Waals surface area (Å²) in [6, 6.07) is 0. The highest BCUT2D eigenvalue weighted by atomic mass is 32.2. The molecule has 1 fully saturated rings. The Hall–Kier alpha value is -0.420. The Morgan fingerprint density at radius 2 is 2.50 bits per heavy atom. The van der Waals surface area contributed by atoms with Gasteiger partial charge in [0.2, 0.25) is 0 Å². The predicted octanol–water partition coefficient (Wildman–Crippen LogP) is 0.196. The number of rotatable bonds is 2. The number of amides is 1. The van der Waals surface area contributed by atoms with Crippen molar-refractivity contribution in [2.75, 3.05) is 18.1 Å². The molecule has 5 heteroatoms. The number of aliphatic hydroxyl groups excluding tert-OH is 1. The van der Waals surface area contributed by atoms with Gasteiger partial charge in [-0.25, -0.2) is 4.79 Å². The van der Waals surface area contributed by atoms with Crippen LogP contribution in [0.1, 0.15) is 6.42 Å². The fraction of sp³-hybridized carbons (Fsp3) is 0.857. The van der Waals surface area contributed by atoms with Crippen molar-refractivity contribution < 1.29 is 14.6 Å². The number of thioether (sulfide) groups is 1. The zero-order valence-electron chi connectivity index (χ0n) is 6.73. The maximum Gasteiger partial charge on any atom is 0.404 e. The first-order valence-corrected chi connectivity index (χ1v) is 5.04. The fourth-order valence-electron chi connectivity index (χ4n) is 1.25. The summed E-state index contributed by atoms with van der Waals surface area (Å²) in [5.74, 6) is 1.86. The second-order valence-electron chi connectivity index (χ2n) is 2.78. The first kappa shape index (κ1) is 9.67. The summed E-state index contributed by atoms with van der Waals surface area (Å²) in [6.07, 6.45) is -0.141. The van der Waals surface area contributed by atoms with Gasteiger partial charge in [-0.15, -0.1) is 0 Å². The van der Waals surface area contributed by atoms with Gasteiger partial charge in [0, 0.05) is 11.7 Å². The average molecular weight is 191 g/mol. The van der Waals surface area contributed by atoms with Crippen molar-refractivity contribution in [3.05, 3.63) is 0 Å². The normalized spacial score (nSPS) is 29.8. The van der Waals surface area contributed by atoms with Gasteiger partial charge in [0.1, 0.15) is 6.10 Å². The minimum absolute atomic E-state index is 0.0521. The summed E-state index contributed by atoms with van der Waals surface area (Å²) in [5, 5.41) is 8.93. The molecule has 1 aliphatic rings. The van der Waals surface area contributed by atoms with Crippen LogP contribution in [-0.4, -0.2) is 35.4 Å². The summed E-state index contributed by atoms with van der Waals surface area (Å²) in [4.78, 5) is 10.4. The Morgan fingerprint density at radius 1 is 1.75 bits per heavy atom. The van der Waals surface area contributed by atoms with Crippen LogP contribution < -0.4 is 5.73 Å². The molecule has 0 spiro atoms. The van der Waals surface area contributed by atoms with Crippen molar-refractivity contribution in [3.63, 3.8) is 0 Å². The van der Waals surface area contributed by atoms with E-state index in [-0.39, 0.29) is 18.6 Å². The van der Waals surface area contributed by atoms with Gasteiger partial charge in [-0.05, 0) is 12.2 Å². The molecule has 3 N–H and O–H groups in total. The Labute approximate surface area is 75.5 Å². The van der Waals surface area contributed by atoms with E-state index in [4.69, 9.17) is 15.6 Å². The topological polar surface area (TPSA) is 72.6 Å². The minimum Gasteiger partial charge on any atom is -0.446 e. The van der Waals surface area contributed by atoms with E-state index in [1.165, 1.54) is 0 Å². The number of hydrogen-bond donors (Lipinski definition) is 2.